The monoisotopic (exact) mass is 325 g/mol. The van der Waals surface area contributed by atoms with Crippen LogP contribution in [0.2, 0.25) is 0 Å². The van der Waals surface area contributed by atoms with E-state index in [1.807, 2.05) is 22.9 Å². The molecule has 6 nitrogen and oxygen atoms in total. The largest absolute Gasteiger partial charge is 0.351 e. The molecule has 0 unspecified atom stereocenters. The third-order valence-corrected chi connectivity index (χ3v) is 5.55. The van der Waals surface area contributed by atoms with E-state index in [1.54, 1.807) is 18.7 Å². The van der Waals surface area contributed by atoms with Crippen molar-refractivity contribution in [1.82, 2.24) is 25.2 Å². The fraction of sp³-hybridized carbons (Fsp3) is 0.500. The zero-order chi connectivity index (χ0) is 16.4. The third-order valence-electron chi connectivity index (χ3n) is 5.55. The fourth-order valence-electron chi connectivity index (χ4n) is 4.23. The highest BCUT2D eigenvalue weighted by molar-refractivity contribution is 5.84. The molecule has 4 rings (SSSR count). The number of imidazole rings is 1. The number of aromatic nitrogens is 3. The van der Waals surface area contributed by atoms with Crippen molar-refractivity contribution < 1.29 is 4.79 Å². The van der Waals surface area contributed by atoms with Crippen LogP contribution in [-0.2, 0) is 11.3 Å². The van der Waals surface area contributed by atoms with Gasteiger partial charge in [-0.2, -0.15) is 0 Å². The summed E-state index contributed by atoms with van der Waals surface area (Å²) in [5.74, 6) is 1.49. The SMILES string of the molecule is O=C(NCc1cccnc1-n1ccnc1)[C@@]12CCCC[C@H]1CNC2. The number of hydrogen-bond acceptors (Lipinski definition) is 4. The molecule has 0 radical (unpaired) electrons. The zero-order valence-corrected chi connectivity index (χ0v) is 13.7. The first-order valence-corrected chi connectivity index (χ1v) is 8.71. The predicted molar refractivity (Wildman–Crippen MR) is 90.5 cm³/mol. The molecule has 24 heavy (non-hydrogen) atoms. The Morgan fingerprint density at radius 3 is 3.25 bits per heavy atom. The van der Waals surface area contributed by atoms with Gasteiger partial charge in [0.2, 0.25) is 5.91 Å². The molecule has 1 saturated heterocycles. The molecule has 2 N–H and O–H groups in total. The topological polar surface area (TPSA) is 71.8 Å². The molecular formula is C18H23N5O. The van der Waals surface area contributed by atoms with E-state index in [4.69, 9.17) is 0 Å². The number of carbonyl (C=O) groups is 1. The first-order valence-electron chi connectivity index (χ1n) is 8.71. The Labute approximate surface area is 141 Å². The van der Waals surface area contributed by atoms with Gasteiger partial charge in [-0.15, -0.1) is 0 Å². The lowest BCUT2D eigenvalue weighted by Gasteiger charge is -2.37. The maximum absolute atomic E-state index is 13.0. The lowest BCUT2D eigenvalue weighted by molar-refractivity contribution is -0.134. The molecule has 1 aliphatic carbocycles. The predicted octanol–water partition coefficient (Wildman–Crippen LogP) is 1.66. The Balaban J connectivity index is 1.50. The molecule has 2 aliphatic rings. The molecule has 3 heterocycles. The van der Waals surface area contributed by atoms with E-state index in [0.29, 0.717) is 12.5 Å². The second-order valence-corrected chi connectivity index (χ2v) is 6.87. The molecular weight excluding hydrogens is 302 g/mol. The maximum atomic E-state index is 13.0. The van der Waals surface area contributed by atoms with Crippen molar-refractivity contribution in [2.24, 2.45) is 11.3 Å². The van der Waals surface area contributed by atoms with Gasteiger partial charge in [0, 0.05) is 37.2 Å². The summed E-state index contributed by atoms with van der Waals surface area (Å²) >= 11 is 0. The van der Waals surface area contributed by atoms with E-state index in [-0.39, 0.29) is 11.3 Å². The van der Waals surface area contributed by atoms with Gasteiger partial charge in [0.1, 0.15) is 12.1 Å². The summed E-state index contributed by atoms with van der Waals surface area (Å²) in [5.41, 5.74) is 0.786. The molecule has 1 saturated carbocycles. The summed E-state index contributed by atoms with van der Waals surface area (Å²) in [4.78, 5) is 21.5. The summed E-state index contributed by atoms with van der Waals surface area (Å²) in [6.07, 6.45) is 11.6. The molecule has 1 aliphatic heterocycles. The van der Waals surface area contributed by atoms with Crippen LogP contribution in [0, 0.1) is 11.3 Å². The molecule has 2 atom stereocenters. The van der Waals surface area contributed by atoms with Gasteiger partial charge in [-0.1, -0.05) is 18.9 Å². The Kier molecular flexibility index (Phi) is 4.06. The Morgan fingerprint density at radius 2 is 2.38 bits per heavy atom. The Bertz CT molecular complexity index is 714. The van der Waals surface area contributed by atoms with Crippen LogP contribution in [0.3, 0.4) is 0 Å². The molecule has 126 valence electrons. The number of amides is 1. The van der Waals surface area contributed by atoms with Crippen LogP contribution in [0.4, 0.5) is 0 Å². The minimum atomic E-state index is -0.213. The van der Waals surface area contributed by atoms with Gasteiger partial charge < -0.3 is 10.6 Å². The van der Waals surface area contributed by atoms with Crippen LogP contribution in [0.25, 0.3) is 5.82 Å². The number of pyridine rings is 1. The molecule has 2 fully saturated rings. The summed E-state index contributed by atoms with van der Waals surface area (Å²) in [6, 6.07) is 3.91. The number of hydrogen-bond donors (Lipinski definition) is 2. The second kappa shape index (κ2) is 6.36. The third kappa shape index (κ3) is 2.60. The summed E-state index contributed by atoms with van der Waals surface area (Å²) in [6.45, 7) is 2.28. The van der Waals surface area contributed by atoms with Gasteiger partial charge in [-0.05, 0) is 31.4 Å². The standard InChI is InChI=1S/C18H23N5O/c24-17(18-6-2-1-5-15(18)11-20-12-18)22-10-14-4-3-7-21-16(14)23-9-8-19-13-23/h3-4,7-9,13,15,20H,1-2,5-6,10-12H2,(H,22,24)/t15-,18+/m0/s1. The zero-order valence-electron chi connectivity index (χ0n) is 13.7. The van der Waals surface area contributed by atoms with Crippen molar-refractivity contribution in [3.05, 3.63) is 42.6 Å². The van der Waals surface area contributed by atoms with Gasteiger partial charge in [0.25, 0.3) is 0 Å². The van der Waals surface area contributed by atoms with Crippen LogP contribution in [0.5, 0.6) is 0 Å². The maximum Gasteiger partial charge on any atom is 0.228 e. The van der Waals surface area contributed by atoms with E-state index >= 15 is 0 Å². The average Bonchev–Trinajstić information content (AvgIpc) is 3.29. The summed E-state index contributed by atoms with van der Waals surface area (Å²) in [5, 5.41) is 6.61. The number of nitrogens with one attached hydrogen (secondary N) is 2. The minimum Gasteiger partial charge on any atom is -0.351 e. The van der Waals surface area contributed by atoms with Gasteiger partial charge in [0.15, 0.2) is 0 Å². The van der Waals surface area contributed by atoms with Crippen molar-refractivity contribution in [3.8, 4) is 5.82 Å². The van der Waals surface area contributed by atoms with Crippen LogP contribution >= 0.6 is 0 Å². The van der Waals surface area contributed by atoms with E-state index in [1.165, 1.54) is 6.42 Å². The summed E-state index contributed by atoms with van der Waals surface area (Å²) < 4.78 is 1.88. The highest BCUT2D eigenvalue weighted by Crippen LogP contribution is 2.43. The first-order chi connectivity index (χ1) is 11.8. The minimum absolute atomic E-state index is 0.192. The van der Waals surface area contributed by atoms with Crippen LogP contribution in [-0.4, -0.2) is 33.5 Å². The normalized spacial score (nSPS) is 26.1. The number of rotatable bonds is 4. The summed E-state index contributed by atoms with van der Waals surface area (Å²) in [7, 11) is 0. The highest BCUT2D eigenvalue weighted by Gasteiger charge is 2.49. The van der Waals surface area contributed by atoms with Crippen molar-refractivity contribution in [2.75, 3.05) is 13.1 Å². The van der Waals surface area contributed by atoms with Crippen molar-refractivity contribution >= 4 is 5.91 Å². The average molecular weight is 325 g/mol. The molecule has 1 amide bonds. The van der Waals surface area contributed by atoms with Gasteiger partial charge in [-0.25, -0.2) is 9.97 Å². The lowest BCUT2D eigenvalue weighted by Crippen LogP contribution is -2.47. The lowest BCUT2D eigenvalue weighted by atomic mass is 9.67. The first kappa shape index (κ1) is 15.3. The number of carbonyl (C=O) groups excluding carboxylic acids is 1. The molecule has 2 aromatic rings. The quantitative estimate of drug-likeness (QED) is 0.897. The number of fused-ring (bicyclic) bond motifs is 1. The van der Waals surface area contributed by atoms with Crippen LogP contribution < -0.4 is 10.6 Å². The highest BCUT2D eigenvalue weighted by atomic mass is 16.2. The second-order valence-electron chi connectivity index (χ2n) is 6.87. The van der Waals surface area contributed by atoms with E-state index < -0.39 is 0 Å². The molecule has 6 heteroatoms. The van der Waals surface area contributed by atoms with Crippen LogP contribution in [0.15, 0.2) is 37.1 Å². The van der Waals surface area contributed by atoms with Gasteiger partial charge in [0.05, 0.1) is 5.41 Å². The van der Waals surface area contributed by atoms with Crippen molar-refractivity contribution in [1.29, 1.82) is 0 Å². The van der Waals surface area contributed by atoms with E-state index in [0.717, 1.165) is 43.7 Å². The molecule has 0 bridgehead atoms. The van der Waals surface area contributed by atoms with Crippen LogP contribution in [0.1, 0.15) is 31.2 Å². The van der Waals surface area contributed by atoms with Crippen molar-refractivity contribution in [3.63, 3.8) is 0 Å². The Morgan fingerprint density at radius 1 is 1.42 bits per heavy atom. The van der Waals surface area contributed by atoms with Gasteiger partial charge in [-0.3, -0.25) is 9.36 Å². The van der Waals surface area contributed by atoms with E-state index in [9.17, 15) is 4.79 Å². The van der Waals surface area contributed by atoms with Gasteiger partial charge >= 0.3 is 0 Å². The van der Waals surface area contributed by atoms with Crippen molar-refractivity contribution in [2.45, 2.75) is 32.2 Å². The molecule has 2 aromatic heterocycles. The number of nitrogens with zero attached hydrogens (tertiary/aromatic N) is 3. The smallest absolute Gasteiger partial charge is 0.228 e. The molecule has 0 spiro atoms. The molecule has 0 aromatic carbocycles. The Hall–Kier alpha value is -2.21. The van der Waals surface area contributed by atoms with E-state index in [2.05, 4.69) is 20.6 Å². The fourth-order valence-corrected chi connectivity index (χ4v) is 4.23.